The predicted molar refractivity (Wildman–Crippen MR) is 129 cm³/mol. The van der Waals surface area contributed by atoms with Gasteiger partial charge in [-0.15, -0.1) is 11.8 Å². The molecule has 0 atom stereocenters. The molecule has 32 heavy (non-hydrogen) atoms. The topological polar surface area (TPSA) is 80.8 Å². The molecular weight excluding hydrogens is 420 g/mol. The summed E-state index contributed by atoms with van der Waals surface area (Å²) >= 11 is 1.59. The van der Waals surface area contributed by atoms with E-state index >= 15 is 0 Å². The molecule has 1 N–H and O–H groups in total. The average molecular weight is 443 g/mol. The standard InChI is InChI=1S/C25H22N4O2S/c1-18-2-4-19(5-3-18)6-10-21(30)11-7-20-8-12-22(13-9-20)31-14-15-32-25-23-24(27-16-26-23)28-17-29-25/h2-13,16-17H,14-15H2,1H3,(H,26,27,28,29)/b10-6+,11-7+. The van der Waals surface area contributed by atoms with Crippen LogP contribution in [0.5, 0.6) is 5.75 Å². The van der Waals surface area contributed by atoms with Gasteiger partial charge in [-0.3, -0.25) is 4.79 Å². The Balaban J connectivity index is 1.23. The molecule has 2 aromatic heterocycles. The first-order valence-corrected chi connectivity index (χ1v) is 11.1. The maximum atomic E-state index is 12.1. The first kappa shape index (κ1) is 21.5. The van der Waals surface area contributed by atoms with E-state index in [0.29, 0.717) is 12.3 Å². The minimum Gasteiger partial charge on any atom is -0.493 e. The molecular formula is C25H22N4O2S. The van der Waals surface area contributed by atoms with Crippen LogP contribution in [0.15, 0.2) is 78.4 Å². The van der Waals surface area contributed by atoms with E-state index in [4.69, 9.17) is 4.74 Å². The Hall–Kier alpha value is -3.71. The van der Waals surface area contributed by atoms with Gasteiger partial charge in [-0.1, -0.05) is 54.1 Å². The first-order chi connectivity index (χ1) is 15.7. The summed E-state index contributed by atoms with van der Waals surface area (Å²) in [5.41, 5.74) is 4.64. The number of carbonyl (C=O) groups excluding carboxylic acids is 1. The second kappa shape index (κ2) is 10.5. The molecule has 0 unspecified atom stereocenters. The monoisotopic (exact) mass is 442 g/mol. The lowest BCUT2D eigenvalue weighted by Gasteiger charge is -2.06. The second-order valence-electron chi connectivity index (χ2n) is 7.03. The number of hydrogen-bond acceptors (Lipinski definition) is 6. The number of aromatic nitrogens is 4. The molecule has 0 aliphatic carbocycles. The molecule has 0 aliphatic heterocycles. The summed E-state index contributed by atoms with van der Waals surface area (Å²) in [5.74, 6) is 1.47. The Labute approximate surface area is 190 Å². The van der Waals surface area contributed by atoms with Gasteiger partial charge in [0.1, 0.15) is 22.6 Å². The van der Waals surface area contributed by atoms with Crippen molar-refractivity contribution in [1.29, 1.82) is 0 Å². The number of aryl methyl sites for hydroxylation is 1. The van der Waals surface area contributed by atoms with Gasteiger partial charge in [-0.2, -0.15) is 0 Å². The van der Waals surface area contributed by atoms with Crippen molar-refractivity contribution in [3.05, 3.63) is 90.0 Å². The van der Waals surface area contributed by atoms with Gasteiger partial charge in [0, 0.05) is 5.75 Å². The third-order valence-electron chi connectivity index (χ3n) is 4.62. The van der Waals surface area contributed by atoms with Crippen molar-refractivity contribution in [2.75, 3.05) is 12.4 Å². The van der Waals surface area contributed by atoms with Crippen LogP contribution >= 0.6 is 11.8 Å². The minimum atomic E-state index is -0.0565. The van der Waals surface area contributed by atoms with Gasteiger partial charge in [0.25, 0.3) is 0 Å². The van der Waals surface area contributed by atoms with E-state index in [1.807, 2.05) is 61.5 Å². The fraction of sp³-hybridized carbons (Fsp3) is 0.120. The lowest BCUT2D eigenvalue weighted by Crippen LogP contribution is -2.00. The Morgan fingerprint density at radius 1 is 0.969 bits per heavy atom. The van der Waals surface area contributed by atoms with Gasteiger partial charge in [-0.25, -0.2) is 15.0 Å². The molecule has 160 valence electrons. The number of thioether (sulfide) groups is 1. The maximum absolute atomic E-state index is 12.1. The summed E-state index contributed by atoms with van der Waals surface area (Å²) in [6.45, 7) is 2.58. The molecule has 6 nitrogen and oxygen atoms in total. The molecule has 2 heterocycles. The Kier molecular flexibility index (Phi) is 7.09. The van der Waals surface area contributed by atoms with E-state index in [9.17, 15) is 4.79 Å². The van der Waals surface area contributed by atoms with Crippen molar-refractivity contribution in [3.63, 3.8) is 0 Å². The van der Waals surface area contributed by atoms with Gasteiger partial charge in [0.2, 0.25) is 0 Å². The van der Waals surface area contributed by atoms with Crippen molar-refractivity contribution in [1.82, 2.24) is 19.9 Å². The SMILES string of the molecule is Cc1ccc(/C=C/C(=O)/C=C/c2ccc(OCCSc3ncnc4nc[nH]c34)cc2)cc1. The van der Waals surface area contributed by atoms with Gasteiger partial charge in [-0.05, 0) is 42.3 Å². The lowest BCUT2D eigenvalue weighted by atomic mass is 10.1. The quantitative estimate of drug-likeness (QED) is 0.168. The zero-order chi connectivity index (χ0) is 22.2. The van der Waals surface area contributed by atoms with E-state index in [1.54, 1.807) is 36.3 Å². The summed E-state index contributed by atoms with van der Waals surface area (Å²) in [6, 6.07) is 15.7. The molecule has 0 saturated carbocycles. The van der Waals surface area contributed by atoms with E-state index in [0.717, 1.165) is 33.2 Å². The minimum absolute atomic E-state index is 0.0565. The number of ketones is 1. The lowest BCUT2D eigenvalue weighted by molar-refractivity contribution is -0.110. The van der Waals surface area contributed by atoms with Crippen molar-refractivity contribution in [2.45, 2.75) is 11.9 Å². The van der Waals surface area contributed by atoms with Crippen molar-refractivity contribution >= 4 is 40.9 Å². The van der Waals surface area contributed by atoms with Crippen LogP contribution < -0.4 is 4.74 Å². The molecule has 0 fully saturated rings. The van der Waals surface area contributed by atoms with Crippen LogP contribution in [0, 0.1) is 6.92 Å². The Morgan fingerprint density at radius 2 is 1.66 bits per heavy atom. The molecule has 0 saturated heterocycles. The average Bonchev–Trinajstić information content (AvgIpc) is 3.31. The van der Waals surface area contributed by atoms with E-state index in [2.05, 4.69) is 19.9 Å². The molecule has 7 heteroatoms. The van der Waals surface area contributed by atoms with Crippen molar-refractivity contribution in [3.8, 4) is 5.75 Å². The third kappa shape index (κ3) is 5.92. The van der Waals surface area contributed by atoms with Crippen LogP contribution in [0.4, 0.5) is 0 Å². The number of nitrogens with one attached hydrogen (secondary N) is 1. The first-order valence-electron chi connectivity index (χ1n) is 10.1. The van der Waals surface area contributed by atoms with Gasteiger partial charge in [0.05, 0.1) is 12.9 Å². The number of nitrogens with zero attached hydrogens (tertiary/aromatic N) is 3. The van der Waals surface area contributed by atoms with E-state index in [1.165, 1.54) is 11.9 Å². The zero-order valence-electron chi connectivity index (χ0n) is 17.6. The van der Waals surface area contributed by atoms with Crippen LogP contribution in [0.1, 0.15) is 16.7 Å². The van der Waals surface area contributed by atoms with Crippen LogP contribution in [-0.4, -0.2) is 38.1 Å². The number of rotatable bonds is 9. The fourth-order valence-electron chi connectivity index (χ4n) is 2.92. The van der Waals surface area contributed by atoms with E-state index < -0.39 is 0 Å². The van der Waals surface area contributed by atoms with Gasteiger partial charge in [0.15, 0.2) is 11.4 Å². The molecule has 0 amide bonds. The predicted octanol–water partition coefficient (Wildman–Crippen LogP) is 5.13. The van der Waals surface area contributed by atoms with Crippen molar-refractivity contribution < 1.29 is 9.53 Å². The fourth-order valence-corrected chi connectivity index (χ4v) is 3.69. The molecule has 4 rings (SSSR count). The molecule has 4 aromatic rings. The van der Waals surface area contributed by atoms with Crippen LogP contribution in [0.2, 0.25) is 0 Å². The number of imidazole rings is 1. The highest BCUT2D eigenvalue weighted by atomic mass is 32.2. The summed E-state index contributed by atoms with van der Waals surface area (Å²) in [6.07, 6.45) is 9.89. The van der Waals surface area contributed by atoms with E-state index in [-0.39, 0.29) is 5.78 Å². The number of allylic oxidation sites excluding steroid dienone is 2. The normalized spacial score (nSPS) is 11.5. The number of benzene rings is 2. The summed E-state index contributed by atoms with van der Waals surface area (Å²) < 4.78 is 5.81. The summed E-state index contributed by atoms with van der Waals surface area (Å²) in [4.78, 5) is 27.7. The molecule has 0 radical (unpaired) electrons. The maximum Gasteiger partial charge on any atom is 0.181 e. The Bertz CT molecular complexity index is 1250. The third-order valence-corrected chi connectivity index (χ3v) is 5.57. The largest absolute Gasteiger partial charge is 0.493 e. The van der Waals surface area contributed by atoms with Crippen LogP contribution in [0.3, 0.4) is 0 Å². The molecule has 0 spiro atoms. The number of fused-ring (bicyclic) bond motifs is 1. The highest BCUT2D eigenvalue weighted by Crippen LogP contribution is 2.22. The highest BCUT2D eigenvalue weighted by molar-refractivity contribution is 7.99. The number of ether oxygens (including phenoxy) is 1. The van der Waals surface area contributed by atoms with Crippen LogP contribution in [-0.2, 0) is 4.79 Å². The smallest absolute Gasteiger partial charge is 0.181 e. The van der Waals surface area contributed by atoms with Crippen molar-refractivity contribution in [2.24, 2.45) is 0 Å². The summed E-state index contributed by atoms with van der Waals surface area (Å²) in [5, 5.41) is 0.859. The second-order valence-corrected chi connectivity index (χ2v) is 8.11. The molecule has 2 aromatic carbocycles. The summed E-state index contributed by atoms with van der Waals surface area (Å²) in [7, 11) is 0. The van der Waals surface area contributed by atoms with Gasteiger partial charge >= 0.3 is 0 Å². The number of aromatic amines is 1. The molecule has 0 aliphatic rings. The highest BCUT2D eigenvalue weighted by Gasteiger charge is 2.06. The van der Waals surface area contributed by atoms with Crippen LogP contribution in [0.25, 0.3) is 23.3 Å². The number of H-pyrrole nitrogens is 1. The number of carbonyl (C=O) groups is 1. The zero-order valence-corrected chi connectivity index (χ0v) is 18.4. The molecule has 0 bridgehead atoms. The number of hydrogen-bond donors (Lipinski definition) is 1. The van der Waals surface area contributed by atoms with Gasteiger partial charge < -0.3 is 9.72 Å². The Morgan fingerprint density at radius 3 is 2.38 bits per heavy atom.